The average Bonchev–Trinajstić information content (AvgIpc) is 2.53. The highest BCUT2D eigenvalue weighted by Gasteiger charge is 2.38. The van der Waals surface area contributed by atoms with E-state index in [9.17, 15) is 18.0 Å². The van der Waals surface area contributed by atoms with Crippen LogP contribution in [0.15, 0.2) is 35.2 Å². The molecule has 6 nitrogen and oxygen atoms in total. The minimum Gasteiger partial charge on any atom is -0.457 e. The van der Waals surface area contributed by atoms with Gasteiger partial charge in [-0.2, -0.15) is 4.31 Å². The molecule has 1 aliphatic rings. The summed E-state index contributed by atoms with van der Waals surface area (Å²) < 4.78 is 31.5. The molecule has 0 radical (unpaired) electrons. The molecule has 0 spiro atoms. The molecule has 1 aromatic rings. The normalized spacial score (nSPS) is 19.6. The maximum atomic E-state index is 12.7. The number of benzene rings is 1. The van der Waals surface area contributed by atoms with Crippen LogP contribution in [-0.4, -0.2) is 43.7 Å². The van der Waals surface area contributed by atoms with Gasteiger partial charge in [0.05, 0.1) is 4.90 Å². The van der Waals surface area contributed by atoms with Crippen LogP contribution < -0.4 is 0 Å². The van der Waals surface area contributed by atoms with Gasteiger partial charge >= 0.3 is 5.97 Å². The van der Waals surface area contributed by atoms with Crippen molar-refractivity contribution in [2.75, 3.05) is 13.2 Å². The molecule has 1 fully saturated rings. The molecule has 1 atom stereocenters. The maximum absolute atomic E-state index is 12.7. The lowest BCUT2D eigenvalue weighted by molar-refractivity contribution is -0.152. The highest BCUT2D eigenvalue weighted by molar-refractivity contribution is 7.89. The number of hydrogen-bond donors (Lipinski definition) is 0. The van der Waals surface area contributed by atoms with Crippen molar-refractivity contribution in [2.24, 2.45) is 0 Å². The first-order valence-electron chi connectivity index (χ1n) is 7.16. The first-order valence-corrected chi connectivity index (χ1v) is 8.60. The number of carbonyl (C=O) groups is 2. The van der Waals surface area contributed by atoms with E-state index in [1.54, 1.807) is 18.2 Å². The summed E-state index contributed by atoms with van der Waals surface area (Å²) in [6.45, 7) is 1.26. The smallest absolute Gasteiger partial charge is 0.324 e. The second-order valence-corrected chi connectivity index (χ2v) is 7.14. The molecule has 0 N–H and O–H groups in total. The van der Waals surface area contributed by atoms with E-state index < -0.39 is 22.0 Å². The van der Waals surface area contributed by atoms with Gasteiger partial charge in [0.1, 0.15) is 12.6 Å². The maximum Gasteiger partial charge on any atom is 0.324 e. The largest absolute Gasteiger partial charge is 0.457 e. The molecular formula is C15H19NO5S. The monoisotopic (exact) mass is 325 g/mol. The van der Waals surface area contributed by atoms with Gasteiger partial charge in [-0.15, -0.1) is 0 Å². The van der Waals surface area contributed by atoms with Gasteiger partial charge in [-0.3, -0.25) is 9.59 Å². The number of esters is 1. The van der Waals surface area contributed by atoms with Gasteiger partial charge in [-0.1, -0.05) is 18.2 Å². The first kappa shape index (κ1) is 16.6. The van der Waals surface area contributed by atoms with E-state index in [1.165, 1.54) is 23.4 Å². The van der Waals surface area contributed by atoms with E-state index in [-0.39, 0.29) is 23.8 Å². The van der Waals surface area contributed by atoms with Gasteiger partial charge in [0.15, 0.2) is 5.78 Å². The van der Waals surface area contributed by atoms with E-state index in [1.807, 2.05) is 0 Å². The lowest BCUT2D eigenvalue weighted by Crippen LogP contribution is -2.48. The van der Waals surface area contributed by atoms with Gasteiger partial charge in [0.2, 0.25) is 10.0 Å². The van der Waals surface area contributed by atoms with E-state index in [0.717, 1.165) is 6.42 Å². The van der Waals surface area contributed by atoms with E-state index in [4.69, 9.17) is 4.74 Å². The number of Topliss-reactive ketones (excluding diaryl/α,β-unsaturated/α-hetero) is 1. The first-order chi connectivity index (χ1) is 10.4. The number of rotatable bonds is 5. The third-order valence-electron chi connectivity index (χ3n) is 3.49. The van der Waals surface area contributed by atoms with Gasteiger partial charge < -0.3 is 4.74 Å². The summed E-state index contributed by atoms with van der Waals surface area (Å²) >= 11 is 0. The van der Waals surface area contributed by atoms with Crippen molar-refractivity contribution < 1.29 is 22.7 Å². The predicted molar refractivity (Wildman–Crippen MR) is 79.6 cm³/mol. The molecule has 0 amide bonds. The Labute approximate surface area is 130 Å². The molecule has 0 bridgehead atoms. The number of ketones is 1. The summed E-state index contributed by atoms with van der Waals surface area (Å²) in [5.74, 6) is -0.934. The number of ether oxygens (including phenoxy) is 1. The van der Waals surface area contributed by atoms with Crippen LogP contribution >= 0.6 is 0 Å². The van der Waals surface area contributed by atoms with Gasteiger partial charge in [-0.25, -0.2) is 8.42 Å². The molecule has 1 aromatic carbocycles. The summed E-state index contributed by atoms with van der Waals surface area (Å²) in [5, 5.41) is 0. The molecule has 1 heterocycles. The van der Waals surface area contributed by atoms with Crippen LogP contribution in [0.2, 0.25) is 0 Å². The van der Waals surface area contributed by atoms with Crippen LogP contribution in [0.1, 0.15) is 26.2 Å². The van der Waals surface area contributed by atoms with Crippen LogP contribution in [0.25, 0.3) is 0 Å². The fraction of sp³-hybridized carbons (Fsp3) is 0.467. The zero-order valence-electron chi connectivity index (χ0n) is 12.4. The van der Waals surface area contributed by atoms with Crippen LogP contribution in [0.3, 0.4) is 0 Å². The number of piperidine rings is 1. The lowest BCUT2D eigenvalue weighted by atomic mass is 10.1. The number of sulfonamides is 1. The van der Waals surface area contributed by atoms with Crippen molar-refractivity contribution >= 4 is 21.8 Å². The molecule has 0 saturated carbocycles. The second-order valence-electron chi connectivity index (χ2n) is 5.25. The molecular weight excluding hydrogens is 306 g/mol. The third-order valence-corrected chi connectivity index (χ3v) is 5.42. The summed E-state index contributed by atoms with van der Waals surface area (Å²) in [6.07, 6.45) is 1.85. The minimum absolute atomic E-state index is 0.154. The van der Waals surface area contributed by atoms with Crippen LogP contribution in [0, 0.1) is 0 Å². The molecule has 1 aliphatic heterocycles. The Balaban J connectivity index is 2.23. The molecule has 0 aliphatic carbocycles. The lowest BCUT2D eigenvalue weighted by Gasteiger charge is -2.32. The Kier molecular flexibility index (Phi) is 5.31. The topological polar surface area (TPSA) is 80.8 Å². The predicted octanol–water partition coefficient (Wildman–Crippen LogP) is 1.36. The van der Waals surface area contributed by atoms with Crippen molar-refractivity contribution in [3.63, 3.8) is 0 Å². The van der Waals surface area contributed by atoms with Gasteiger partial charge in [-0.05, 0) is 38.3 Å². The third kappa shape index (κ3) is 3.72. The van der Waals surface area contributed by atoms with E-state index in [0.29, 0.717) is 12.8 Å². The quantitative estimate of drug-likeness (QED) is 0.764. The molecule has 22 heavy (non-hydrogen) atoms. The number of hydrogen-bond acceptors (Lipinski definition) is 5. The average molecular weight is 325 g/mol. The Morgan fingerprint density at radius 1 is 1.23 bits per heavy atom. The summed E-state index contributed by atoms with van der Waals surface area (Å²) in [5.41, 5.74) is 0. The Hall–Kier alpha value is -1.73. The van der Waals surface area contributed by atoms with E-state index in [2.05, 4.69) is 0 Å². The number of nitrogens with zero attached hydrogens (tertiary/aromatic N) is 1. The van der Waals surface area contributed by atoms with Crippen molar-refractivity contribution in [2.45, 2.75) is 37.1 Å². The van der Waals surface area contributed by atoms with Crippen LogP contribution in [0.5, 0.6) is 0 Å². The number of carbonyl (C=O) groups excluding carboxylic acids is 2. The minimum atomic E-state index is -3.75. The van der Waals surface area contributed by atoms with Crippen molar-refractivity contribution in [3.8, 4) is 0 Å². The van der Waals surface area contributed by atoms with Crippen LogP contribution in [-0.2, 0) is 24.3 Å². The molecule has 120 valence electrons. The summed E-state index contributed by atoms with van der Waals surface area (Å²) in [4.78, 5) is 23.2. The van der Waals surface area contributed by atoms with E-state index >= 15 is 0 Å². The highest BCUT2D eigenvalue weighted by Crippen LogP contribution is 2.26. The summed E-state index contributed by atoms with van der Waals surface area (Å²) in [7, 11) is -3.75. The van der Waals surface area contributed by atoms with Gasteiger partial charge in [0.25, 0.3) is 0 Å². The second kappa shape index (κ2) is 7.02. The molecule has 1 saturated heterocycles. The molecule has 7 heteroatoms. The fourth-order valence-corrected chi connectivity index (χ4v) is 4.09. The molecule has 0 unspecified atom stereocenters. The summed E-state index contributed by atoms with van der Waals surface area (Å²) in [6, 6.07) is 7.15. The van der Waals surface area contributed by atoms with Crippen LogP contribution in [0.4, 0.5) is 0 Å². The Bertz CT molecular complexity index is 641. The zero-order chi connectivity index (χ0) is 16.2. The zero-order valence-corrected chi connectivity index (χ0v) is 13.2. The fourth-order valence-electron chi connectivity index (χ4n) is 2.43. The van der Waals surface area contributed by atoms with Crippen molar-refractivity contribution in [1.29, 1.82) is 0 Å². The Morgan fingerprint density at radius 3 is 2.55 bits per heavy atom. The standard InChI is InChI=1S/C15H19NO5S/c1-12(17)11-21-15(18)14-9-5-6-10-16(14)22(19,20)13-7-3-2-4-8-13/h2-4,7-8,14H,5-6,9-11H2,1H3/t14-/m0/s1. The van der Waals surface area contributed by atoms with Crippen molar-refractivity contribution in [3.05, 3.63) is 30.3 Å². The van der Waals surface area contributed by atoms with Crippen molar-refractivity contribution in [1.82, 2.24) is 4.31 Å². The molecule has 0 aromatic heterocycles. The SMILES string of the molecule is CC(=O)COC(=O)[C@@H]1CCCCN1S(=O)(=O)c1ccccc1. The van der Waals surface area contributed by atoms with Gasteiger partial charge in [0, 0.05) is 6.54 Å². The molecule has 2 rings (SSSR count). The Morgan fingerprint density at radius 2 is 1.91 bits per heavy atom. The highest BCUT2D eigenvalue weighted by atomic mass is 32.2.